The van der Waals surface area contributed by atoms with Gasteiger partial charge in [0.15, 0.2) is 0 Å². The summed E-state index contributed by atoms with van der Waals surface area (Å²) in [5, 5.41) is 30.9. The van der Waals surface area contributed by atoms with Gasteiger partial charge in [-0.3, -0.25) is 19.7 Å². The van der Waals surface area contributed by atoms with E-state index in [2.05, 4.69) is 15.9 Å². The van der Waals surface area contributed by atoms with E-state index >= 15 is 0 Å². The van der Waals surface area contributed by atoms with Gasteiger partial charge >= 0.3 is 0 Å². The third kappa shape index (κ3) is 4.82. The first kappa shape index (κ1) is 22.6. The second kappa shape index (κ2) is 9.82. The van der Waals surface area contributed by atoms with Crippen LogP contribution in [-0.4, -0.2) is 58.1 Å². The van der Waals surface area contributed by atoms with Crippen molar-refractivity contribution in [3.05, 3.63) is 79.8 Å². The molecular formula is C21H19BrN2O7. The van der Waals surface area contributed by atoms with E-state index in [-0.39, 0.29) is 43.2 Å². The summed E-state index contributed by atoms with van der Waals surface area (Å²) in [7, 11) is 0. The highest BCUT2D eigenvalue weighted by atomic mass is 79.9. The van der Waals surface area contributed by atoms with Crippen molar-refractivity contribution in [2.75, 3.05) is 26.4 Å². The number of nitro benzene ring substituents is 1. The maximum atomic E-state index is 12.9. The molecule has 0 spiro atoms. The molecule has 1 unspecified atom stereocenters. The number of likely N-dealkylation sites (tertiary alicyclic amines) is 1. The van der Waals surface area contributed by atoms with E-state index in [1.165, 1.54) is 23.1 Å². The van der Waals surface area contributed by atoms with Crippen molar-refractivity contribution in [3.63, 3.8) is 0 Å². The SMILES string of the molecule is O=C1C(=O)N(CCOCCO)C(c2ccc(Br)cc2)/C1=C(/O)c1cccc([N+](=O)[O-])c1. The van der Waals surface area contributed by atoms with Crippen LogP contribution in [0.3, 0.4) is 0 Å². The molecule has 0 aliphatic carbocycles. The Morgan fingerprint density at radius 3 is 2.52 bits per heavy atom. The van der Waals surface area contributed by atoms with Crippen LogP contribution in [0.15, 0.2) is 58.6 Å². The maximum absolute atomic E-state index is 12.9. The summed E-state index contributed by atoms with van der Waals surface area (Å²) in [4.78, 5) is 37.4. The molecule has 2 N–H and O–H groups in total. The summed E-state index contributed by atoms with van der Waals surface area (Å²) in [5.74, 6) is -2.19. The molecule has 1 amide bonds. The Labute approximate surface area is 185 Å². The number of Topliss-reactive ketones (excluding diaryl/α,β-unsaturated/α-hetero) is 1. The molecule has 162 valence electrons. The first-order chi connectivity index (χ1) is 14.8. The highest BCUT2D eigenvalue weighted by Gasteiger charge is 2.45. The van der Waals surface area contributed by atoms with Crippen molar-refractivity contribution < 1.29 is 29.5 Å². The number of aliphatic hydroxyl groups excluding tert-OH is 2. The molecule has 2 aromatic rings. The van der Waals surface area contributed by atoms with Crippen LogP contribution < -0.4 is 0 Å². The standard InChI is InChI=1S/C21H19BrN2O7/c22-15-6-4-13(5-7-15)18-17(19(26)14-2-1-3-16(12-14)24(29)30)20(27)21(28)23(18)8-10-31-11-9-25/h1-7,12,18,25-26H,8-11H2/b19-17-. The van der Waals surface area contributed by atoms with Gasteiger partial charge in [-0.15, -0.1) is 0 Å². The predicted molar refractivity (Wildman–Crippen MR) is 114 cm³/mol. The van der Waals surface area contributed by atoms with Crippen molar-refractivity contribution in [3.8, 4) is 0 Å². The molecule has 1 saturated heterocycles. The molecule has 10 heteroatoms. The fourth-order valence-corrected chi connectivity index (χ4v) is 3.62. The van der Waals surface area contributed by atoms with Crippen molar-refractivity contribution in [1.29, 1.82) is 0 Å². The number of carbonyl (C=O) groups excluding carboxylic acids is 2. The lowest BCUT2D eigenvalue weighted by molar-refractivity contribution is -0.384. The molecule has 9 nitrogen and oxygen atoms in total. The minimum Gasteiger partial charge on any atom is -0.507 e. The molecule has 2 aromatic carbocycles. The van der Waals surface area contributed by atoms with Gasteiger partial charge in [0.1, 0.15) is 5.76 Å². The van der Waals surface area contributed by atoms with Crippen LogP contribution in [0.5, 0.6) is 0 Å². The summed E-state index contributed by atoms with van der Waals surface area (Å²) < 4.78 is 6.03. The molecular weight excluding hydrogens is 472 g/mol. The summed E-state index contributed by atoms with van der Waals surface area (Å²) in [6.45, 7) is 0.0385. The van der Waals surface area contributed by atoms with Crippen molar-refractivity contribution in [2.45, 2.75) is 6.04 Å². The van der Waals surface area contributed by atoms with Gasteiger partial charge in [-0.05, 0) is 17.7 Å². The zero-order valence-corrected chi connectivity index (χ0v) is 17.8. The number of nitro groups is 1. The van der Waals surface area contributed by atoms with Crippen molar-refractivity contribution >= 4 is 39.1 Å². The number of rotatable bonds is 8. The quantitative estimate of drug-likeness (QED) is 0.145. The molecule has 1 aliphatic rings. The second-order valence-corrected chi connectivity index (χ2v) is 7.60. The highest BCUT2D eigenvalue weighted by Crippen LogP contribution is 2.39. The molecule has 1 fully saturated rings. The van der Waals surface area contributed by atoms with Crippen molar-refractivity contribution in [1.82, 2.24) is 4.90 Å². The van der Waals surface area contributed by atoms with Gasteiger partial charge in [-0.1, -0.05) is 40.2 Å². The van der Waals surface area contributed by atoms with Crippen molar-refractivity contribution in [2.24, 2.45) is 0 Å². The molecule has 0 saturated carbocycles. The van der Waals surface area contributed by atoms with Crippen LogP contribution in [0.4, 0.5) is 5.69 Å². The normalized spacial score (nSPS) is 17.9. The number of hydrogen-bond acceptors (Lipinski definition) is 7. The maximum Gasteiger partial charge on any atom is 0.295 e. The lowest BCUT2D eigenvalue weighted by Gasteiger charge is -2.25. The van der Waals surface area contributed by atoms with E-state index in [0.29, 0.717) is 5.56 Å². The van der Waals surface area contributed by atoms with E-state index in [1.54, 1.807) is 24.3 Å². The van der Waals surface area contributed by atoms with Gasteiger partial charge in [0.2, 0.25) is 0 Å². The average molecular weight is 491 g/mol. The fraction of sp³-hybridized carbons (Fsp3) is 0.238. The minimum atomic E-state index is -0.898. The number of carbonyl (C=O) groups is 2. The molecule has 31 heavy (non-hydrogen) atoms. The first-order valence-corrected chi connectivity index (χ1v) is 10.1. The van der Waals surface area contributed by atoms with E-state index < -0.39 is 28.4 Å². The molecule has 0 bridgehead atoms. The van der Waals surface area contributed by atoms with Gasteiger partial charge in [0, 0.05) is 28.7 Å². The van der Waals surface area contributed by atoms with Gasteiger partial charge in [0.05, 0.1) is 36.4 Å². The zero-order chi connectivity index (χ0) is 22.5. The Bertz CT molecular complexity index is 1040. The number of amides is 1. The topological polar surface area (TPSA) is 130 Å². The van der Waals surface area contributed by atoms with Gasteiger partial charge < -0.3 is 19.8 Å². The van der Waals surface area contributed by atoms with Crippen LogP contribution in [0.1, 0.15) is 17.2 Å². The Kier molecular flexibility index (Phi) is 7.16. The fourth-order valence-electron chi connectivity index (χ4n) is 3.35. The first-order valence-electron chi connectivity index (χ1n) is 9.32. The summed E-state index contributed by atoms with van der Waals surface area (Å²) in [6.07, 6.45) is 0. The van der Waals surface area contributed by atoms with Crippen LogP contribution >= 0.6 is 15.9 Å². The zero-order valence-electron chi connectivity index (χ0n) is 16.2. The largest absolute Gasteiger partial charge is 0.507 e. The minimum absolute atomic E-state index is 0.0526. The van der Waals surface area contributed by atoms with Crippen LogP contribution in [-0.2, 0) is 14.3 Å². The monoisotopic (exact) mass is 490 g/mol. The Balaban J connectivity index is 2.09. The van der Waals surface area contributed by atoms with Crippen LogP contribution in [0.2, 0.25) is 0 Å². The lowest BCUT2D eigenvalue weighted by Crippen LogP contribution is -2.33. The number of non-ortho nitro benzene ring substituents is 1. The molecule has 0 aromatic heterocycles. The van der Waals surface area contributed by atoms with E-state index in [4.69, 9.17) is 9.84 Å². The van der Waals surface area contributed by atoms with E-state index in [9.17, 15) is 24.8 Å². The number of halogens is 1. The lowest BCUT2D eigenvalue weighted by atomic mass is 9.95. The highest BCUT2D eigenvalue weighted by molar-refractivity contribution is 9.10. The number of benzene rings is 2. The van der Waals surface area contributed by atoms with Gasteiger partial charge in [-0.25, -0.2) is 0 Å². The van der Waals surface area contributed by atoms with Crippen LogP contribution in [0, 0.1) is 10.1 Å². The Hall–Kier alpha value is -3.08. The molecule has 3 rings (SSSR count). The Morgan fingerprint density at radius 2 is 1.87 bits per heavy atom. The van der Waals surface area contributed by atoms with Gasteiger partial charge in [0.25, 0.3) is 17.4 Å². The van der Waals surface area contributed by atoms with Gasteiger partial charge in [-0.2, -0.15) is 0 Å². The number of nitrogens with zero attached hydrogens (tertiary/aromatic N) is 2. The summed E-state index contributed by atoms with van der Waals surface area (Å²) >= 11 is 3.34. The van der Waals surface area contributed by atoms with E-state index in [0.717, 1.165) is 10.5 Å². The molecule has 1 atom stereocenters. The predicted octanol–water partition coefficient (Wildman–Crippen LogP) is 2.79. The molecule has 1 heterocycles. The van der Waals surface area contributed by atoms with E-state index in [1.807, 2.05) is 0 Å². The number of ketones is 1. The third-order valence-corrected chi connectivity index (χ3v) is 5.30. The molecule has 0 radical (unpaired) electrons. The number of aliphatic hydroxyl groups is 2. The second-order valence-electron chi connectivity index (χ2n) is 6.69. The summed E-state index contributed by atoms with van der Waals surface area (Å²) in [5.41, 5.74) is 0.230. The summed E-state index contributed by atoms with van der Waals surface area (Å²) in [6, 6.07) is 11.2. The van der Waals surface area contributed by atoms with Crippen LogP contribution in [0.25, 0.3) is 5.76 Å². The smallest absolute Gasteiger partial charge is 0.295 e. The average Bonchev–Trinajstić information content (AvgIpc) is 3.01. The molecule has 1 aliphatic heterocycles. The third-order valence-electron chi connectivity index (χ3n) is 4.77. The number of ether oxygens (including phenoxy) is 1. The number of hydrogen-bond donors (Lipinski definition) is 2. The Morgan fingerprint density at radius 1 is 1.16 bits per heavy atom.